The molecule has 1 aromatic carbocycles. The van der Waals surface area contributed by atoms with Gasteiger partial charge in [0.25, 0.3) is 0 Å². The van der Waals surface area contributed by atoms with E-state index in [1.165, 1.54) is 5.56 Å². The zero-order valence-electron chi connectivity index (χ0n) is 12.8. The van der Waals surface area contributed by atoms with Crippen molar-refractivity contribution in [3.63, 3.8) is 0 Å². The number of carbonyl (C=O) groups is 1. The first kappa shape index (κ1) is 17.3. The molecule has 2 atom stereocenters. The number of aryl methyl sites for hydroxylation is 1. The van der Waals surface area contributed by atoms with Gasteiger partial charge in [-0.2, -0.15) is 0 Å². The van der Waals surface area contributed by atoms with Crippen LogP contribution >= 0.6 is 11.8 Å². The van der Waals surface area contributed by atoms with Crippen LogP contribution in [0.25, 0.3) is 0 Å². The summed E-state index contributed by atoms with van der Waals surface area (Å²) in [4.78, 5) is 12.0. The van der Waals surface area contributed by atoms with Crippen LogP contribution in [0.5, 0.6) is 0 Å². The zero-order valence-corrected chi connectivity index (χ0v) is 14.5. The quantitative estimate of drug-likeness (QED) is 0.771. The van der Waals surface area contributed by atoms with Crippen LogP contribution in [0.4, 0.5) is 0 Å². The molecule has 1 amide bonds. The van der Waals surface area contributed by atoms with E-state index >= 15 is 0 Å². The Morgan fingerprint density at radius 1 is 1.36 bits per heavy atom. The SMILES string of the molecule is C[C@H](SCCCc1ccccc1)C(=O)N[C@@H]1CCS(=O)(=O)C1. The number of thioether (sulfide) groups is 1. The van der Waals surface area contributed by atoms with Crippen LogP contribution in [0.15, 0.2) is 30.3 Å². The lowest BCUT2D eigenvalue weighted by molar-refractivity contribution is -0.120. The average Bonchev–Trinajstić information content (AvgIpc) is 2.83. The lowest BCUT2D eigenvalue weighted by Gasteiger charge is -2.15. The molecule has 0 unspecified atom stereocenters. The number of hydrogen-bond donors (Lipinski definition) is 1. The van der Waals surface area contributed by atoms with Crippen molar-refractivity contribution in [1.29, 1.82) is 0 Å². The maximum absolute atomic E-state index is 12.0. The fraction of sp³-hybridized carbons (Fsp3) is 0.562. The second kappa shape index (κ2) is 8.02. The Kier molecular flexibility index (Phi) is 6.32. The van der Waals surface area contributed by atoms with Crippen molar-refractivity contribution < 1.29 is 13.2 Å². The molecule has 2 rings (SSSR count). The van der Waals surface area contributed by atoms with Gasteiger partial charge in [-0.15, -0.1) is 11.8 Å². The van der Waals surface area contributed by atoms with Crippen molar-refractivity contribution in [1.82, 2.24) is 5.32 Å². The minimum Gasteiger partial charge on any atom is -0.351 e. The maximum atomic E-state index is 12.0. The molecule has 0 aromatic heterocycles. The van der Waals surface area contributed by atoms with Crippen LogP contribution in [0, 0.1) is 0 Å². The Labute approximate surface area is 137 Å². The first-order valence-corrected chi connectivity index (χ1v) is 10.5. The third-order valence-electron chi connectivity index (χ3n) is 3.77. The molecule has 0 aliphatic carbocycles. The standard InChI is InChI=1S/C16H23NO3S2/c1-13(16(18)17-15-9-11-22(19,20)12-15)21-10-5-8-14-6-3-2-4-7-14/h2-4,6-7,13,15H,5,8-12H2,1H3,(H,17,18)/t13-,15+/m0/s1. The average molecular weight is 341 g/mol. The summed E-state index contributed by atoms with van der Waals surface area (Å²) in [6.45, 7) is 1.88. The second-order valence-corrected chi connectivity index (χ2v) is 9.39. The van der Waals surface area contributed by atoms with Crippen LogP contribution in [0.3, 0.4) is 0 Å². The highest BCUT2D eigenvalue weighted by Gasteiger charge is 2.29. The molecule has 1 saturated heterocycles. The number of sulfone groups is 1. The van der Waals surface area contributed by atoms with E-state index in [1.54, 1.807) is 11.8 Å². The van der Waals surface area contributed by atoms with Gasteiger partial charge in [0, 0.05) is 6.04 Å². The number of rotatable bonds is 7. The fourth-order valence-corrected chi connectivity index (χ4v) is 5.04. The summed E-state index contributed by atoms with van der Waals surface area (Å²) >= 11 is 1.63. The highest BCUT2D eigenvalue weighted by Crippen LogP contribution is 2.16. The van der Waals surface area contributed by atoms with E-state index in [4.69, 9.17) is 0 Å². The third-order valence-corrected chi connectivity index (χ3v) is 6.77. The van der Waals surface area contributed by atoms with E-state index in [0.717, 1.165) is 18.6 Å². The Morgan fingerprint density at radius 2 is 2.09 bits per heavy atom. The molecule has 1 aliphatic heterocycles. The highest BCUT2D eigenvalue weighted by atomic mass is 32.2. The minimum absolute atomic E-state index is 0.0492. The monoisotopic (exact) mass is 341 g/mol. The molecule has 1 aliphatic rings. The third kappa shape index (κ3) is 5.65. The molecule has 22 heavy (non-hydrogen) atoms. The molecule has 0 spiro atoms. The summed E-state index contributed by atoms with van der Waals surface area (Å²) in [6, 6.07) is 10.1. The summed E-state index contributed by atoms with van der Waals surface area (Å²) in [5, 5.41) is 2.71. The van der Waals surface area contributed by atoms with E-state index in [0.29, 0.717) is 6.42 Å². The van der Waals surface area contributed by atoms with Crippen molar-refractivity contribution in [2.45, 2.75) is 37.5 Å². The summed E-state index contributed by atoms with van der Waals surface area (Å²) in [7, 11) is -2.94. The summed E-state index contributed by atoms with van der Waals surface area (Å²) in [5.74, 6) is 1.15. The lowest BCUT2D eigenvalue weighted by Crippen LogP contribution is -2.40. The van der Waals surface area contributed by atoms with Gasteiger partial charge < -0.3 is 5.32 Å². The molecule has 6 heteroatoms. The smallest absolute Gasteiger partial charge is 0.233 e. The van der Waals surface area contributed by atoms with E-state index in [2.05, 4.69) is 17.4 Å². The molecular formula is C16H23NO3S2. The van der Waals surface area contributed by atoms with E-state index in [1.807, 2.05) is 25.1 Å². The van der Waals surface area contributed by atoms with Crippen molar-refractivity contribution in [2.75, 3.05) is 17.3 Å². The van der Waals surface area contributed by atoms with E-state index < -0.39 is 9.84 Å². The molecule has 0 saturated carbocycles. The second-order valence-electron chi connectivity index (χ2n) is 5.71. The topological polar surface area (TPSA) is 63.2 Å². The first-order chi connectivity index (χ1) is 10.5. The Balaban J connectivity index is 1.64. The van der Waals surface area contributed by atoms with Crippen molar-refractivity contribution in [3.05, 3.63) is 35.9 Å². The van der Waals surface area contributed by atoms with Crippen LogP contribution in [-0.4, -0.2) is 42.9 Å². The highest BCUT2D eigenvalue weighted by molar-refractivity contribution is 8.00. The van der Waals surface area contributed by atoms with Gasteiger partial charge in [-0.3, -0.25) is 4.79 Å². The Bertz CT molecular complexity index is 587. The summed E-state index contributed by atoms with van der Waals surface area (Å²) < 4.78 is 22.8. The Morgan fingerprint density at radius 3 is 2.73 bits per heavy atom. The largest absolute Gasteiger partial charge is 0.351 e. The normalized spacial score (nSPS) is 21.4. The van der Waals surface area contributed by atoms with Crippen molar-refractivity contribution >= 4 is 27.5 Å². The number of benzene rings is 1. The lowest BCUT2D eigenvalue weighted by atomic mass is 10.1. The van der Waals surface area contributed by atoms with E-state index in [9.17, 15) is 13.2 Å². The maximum Gasteiger partial charge on any atom is 0.233 e. The number of nitrogens with one attached hydrogen (secondary N) is 1. The van der Waals surface area contributed by atoms with Gasteiger partial charge in [0.2, 0.25) is 5.91 Å². The minimum atomic E-state index is -2.94. The van der Waals surface area contributed by atoms with Gasteiger partial charge in [0.05, 0.1) is 16.8 Å². The van der Waals surface area contributed by atoms with Crippen LogP contribution in [-0.2, 0) is 21.1 Å². The first-order valence-electron chi connectivity index (χ1n) is 7.62. The molecule has 4 nitrogen and oxygen atoms in total. The molecular weight excluding hydrogens is 318 g/mol. The molecule has 0 radical (unpaired) electrons. The Hall–Kier alpha value is -1.01. The number of carbonyl (C=O) groups excluding carboxylic acids is 1. The predicted octanol–water partition coefficient (Wildman–Crippen LogP) is 2.04. The van der Waals surface area contributed by atoms with Gasteiger partial charge in [-0.1, -0.05) is 30.3 Å². The number of hydrogen-bond acceptors (Lipinski definition) is 4. The van der Waals surface area contributed by atoms with Crippen LogP contribution in [0.1, 0.15) is 25.3 Å². The van der Waals surface area contributed by atoms with Crippen molar-refractivity contribution in [2.24, 2.45) is 0 Å². The molecule has 1 aromatic rings. The van der Waals surface area contributed by atoms with Gasteiger partial charge in [0.1, 0.15) is 0 Å². The van der Waals surface area contributed by atoms with Crippen LogP contribution in [0.2, 0.25) is 0 Å². The van der Waals surface area contributed by atoms with Crippen molar-refractivity contribution in [3.8, 4) is 0 Å². The van der Waals surface area contributed by atoms with Gasteiger partial charge in [0.15, 0.2) is 9.84 Å². The molecule has 1 heterocycles. The van der Waals surface area contributed by atoms with Crippen LogP contribution < -0.4 is 5.32 Å². The van der Waals surface area contributed by atoms with Gasteiger partial charge in [-0.05, 0) is 37.5 Å². The fourth-order valence-electron chi connectivity index (χ4n) is 2.48. The zero-order chi connectivity index (χ0) is 16.0. The van der Waals surface area contributed by atoms with E-state index in [-0.39, 0.29) is 28.7 Å². The summed E-state index contributed by atoms with van der Waals surface area (Å²) in [6.07, 6.45) is 2.59. The number of amides is 1. The molecule has 1 N–H and O–H groups in total. The molecule has 1 fully saturated rings. The predicted molar refractivity (Wildman–Crippen MR) is 91.9 cm³/mol. The van der Waals surface area contributed by atoms with Gasteiger partial charge in [-0.25, -0.2) is 8.42 Å². The molecule has 0 bridgehead atoms. The van der Waals surface area contributed by atoms with Gasteiger partial charge >= 0.3 is 0 Å². The summed E-state index contributed by atoms with van der Waals surface area (Å²) in [5.41, 5.74) is 1.32. The molecule has 122 valence electrons.